The van der Waals surface area contributed by atoms with Gasteiger partial charge in [-0.1, -0.05) is 42.5 Å². The Morgan fingerprint density at radius 1 is 1.38 bits per heavy atom. The monoisotopic (exact) mass is 369 g/mol. The Bertz CT molecular complexity index is 759. The van der Waals surface area contributed by atoms with Gasteiger partial charge >= 0.3 is 5.30 Å². The van der Waals surface area contributed by atoms with Crippen molar-refractivity contribution in [2.45, 2.75) is 32.1 Å². The molecule has 1 aromatic rings. The number of benzene rings is 1. The van der Waals surface area contributed by atoms with Gasteiger partial charge in [-0.2, -0.15) is 0 Å². The molecule has 1 heterocycles. The fraction of sp³-hybridized carbons (Fsp3) is 0.438. The zero-order valence-electron chi connectivity index (χ0n) is 14.3. The van der Waals surface area contributed by atoms with E-state index in [0.717, 1.165) is 5.56 Å². The van der Waals surface area contributed by atoms with Crippen LogP contribution in [0.4, 0.5) is 4.79 Å². The number of amidine groups is 1. The third-order valence-corrected chi connectivity index (χ3v) is 8.08. The molecule has 0 radical (unpaired) electrons. The molecule has 2 rings (SSSR count). The maximum Gasteiger partial charge on any atom is 0.395 e. The normalized spacial score (nSPS) is 18.2. The van der Waals surface area contributed by atoms with Gasteiger partial charge in [0.1, 0.15) is 10.5 Å². The number of thiocarbonyl (C=S) groups is 1. The van der Waals surface area contributed by atoms with Crippen molar-refractivity contribution in [2.24, 2.45) is 4.99 Å². The van der Waals surface area contributed by atoms with Gasteiger partial charge in [-0.15, -0.1) is 0 Å². The zero-order valence-corrected chi connectivity index (χ0v) is 15.9. The Morgan fingerprint density at radius 2 is 2.00 bits per heavy atom. The second kappa shape index (κ2) is 6.34. The first-order chi connectivity index (χ1) is 11.2. The summed E-state index contributed by atoms with van der Waals surface area (Å²) in [6.07, 6.45) is 0. The molecule has 1 aliphatic heterocycles. The molecule has 0 bridgehead atoms. The molecule has 0 unspecified atom stereocenters. The van der Waals surface area contributed by atoms with Crippen LogP contribution >= 0.6 is 12.2 Å². The summed E-state index contributed by atoms with van der Waals surface area (Å²) in [5.74, 6) is -0.0576. The van der Waals surface area contributed by atoms with Crippen molar-refractivity contribution < 1.29 is 13.7 Å². The molecule has 6 nitrogen and oxygen atoms in total. The van der Waals surface area contributed by atoms with Crippen LogP contribution in [0.2, 0.25) is 0 Å². The SMILES string of the molecule is CCOC(=O)S(=O)(Cc1ccccc1)(NC)C1=NC(C)(C)C(=S)N1. The maximum atomic E-state index is 14.2. The second-order valence-corrected chi connectivity index (χ2v) is 10.1. The lowest BCUT2D eigenvalue weighted by Gasteiger charge is -2.38. The number of ether oxygens (including phenoxy) is 1. The number of hydrogen-bond acceptors (Lipinski definition) is 5. The van der Waals surface area contributed by atoms with E-state index in [9.17, 15) is 9.00 Å². The molecule has 0 fully saturated rings. The Kier molecular flexibility index (Phi) is 4.94. The molecule has 2 N–H and O–H groups in total. The summed E-state index contributed by atoms with van der Waals surface area (Å²) < 4.78 is 22.1. The van der Waals surface area contributed by atoms with Gasteiger partial charge in [-0.05, 0) is 33.4 Å². The highest BCUT2D eigenvalue weighted by Gasteiger charge is 2.54. The lowest BCUT2D eigenvalue weighted by Crippen LogP contribution is -2.62. The molecule has 132 valence electrons. The van der Waals surface area contributed by atoms with Crippen molar-refractivity contribution in [3.05, 3.63) is 35.9 Å². The smallest absolute Gasteiger partial charge is 0.395 e. The summed E-state index contributed by atoms with van der Waals surface area (Å²) in [5.41, 5.74) is 0.00385. The van der Waals surface area contributed by atoms with Gasteiger partial charge in [0.15, 0.2) is 5.17 Å². The van der Waals surface area contributed by atoms with E-state index >= 15 is 0 Å². The van der Waals surface area contributed by atoms with Crippen LogP contribution in [0, 0.1) is 0 Å². The predicted molar refractivity (Wildman–Crippen MR) is 102 cm³/mol. The minimum absolute atomic E-state index is 0.0480. The number of nitrogens with one attached hydrogen (secondary N) is 2. The molecule has 1 aliphatic rings. The van der Waals surface area contributed by atoms with Gasteiger partial charge in [0.05, 0.1) is 21.6 Å². The molecule has 0 aliphatic carbocycles. The summed E-state index contributed by atoms with van der Waals surface area (Å²) in [6, 6.07) is 9.12. The van der Waals surface area contributed by atoms with E-state index in [1.807, 2.05) is 30.3 Å². The van der Waals surface area contributed by atoms with E-state index in [1.165, 1.54) is 7.05 Å². The number of rotatable bonds is 4. The highest BCUT2D eigenvalue weighted by atomic mass is 32.3. The lowest BCUT2D eigenvalue weighted by atomic mass is 10.1. The van der Waals surface area contributed by atoms with Crippen LogP contribution in [-0.4, -0.2) is 38.9 Å². The van der Waals surface area contributed by atoms with Crippen LogP contribution in [0.5, 0.6) is 0 Å². The number of aliphatic imine (C=N–C) groups is 1. The van der Waals surface area contributed by atoms with Gasteiger partial charge in [0, 0.05) is 0 Å². The van der Waals surface area contributed by atoms with E-state index in [4.69, 9.17) is 17.0 Å². The number of carbonyl (C=O) groups excluding carboxylic acids is 1. The first-order valence-electron chi connectivity index (χ1n) is 7.64. The fourth-order valence-corrected chi connectivity index (χ4v) is 5.44. The van der Waals surface area contributed by atoms with Crippen LogP contribution in [-0.2, 0) is 19.7 Å². The van der Waals surface area contributed by atoms with Crippen molar-refractivity contribution >= 4 is 36.9 Å². The highest BCUT2D eigenvalue weighted by Crippen LogP contribution is 2.34. The van der Waals surface area contributed by atoms with Crippen molar-refractivity contribution in [3.8, 4) is 0 Å². The first-order valence-corrected chi connectivity index (χ1v) is 10.2. The minimum atomic E-state index is -4.33. The van der Waals surface area contributed by atoms with E-state index in [1.54, 1.807) is 20.8 Å². The van der Waals surface area contributed by atoms with Gasteiger partial charge in [0.25, 0.3) is 0 Å². The van der Waals surface area contributed by atoms with E-state index in [0.29, 0.717) is 4.99 Å². The molecular formula is C16H23N3O3S2. The van der Waals surface area contributed by atoms with E-state index < -0.39 is 20.1 Å². The Balaban J connectivity index is 2.63. The van der Waals surface area contributed by atoms with Crippen molar-refractivity contribution in [1.82, 2.24) is 10.0 Å². The summed E-state index contributed by atoms with van der Waals surface area (Å²) in [7, 11) is -2.85. The van der Waals surface area contributed by atoms with Gasteiger partial charge < -0.3 is 10.1 Å². The standard InChI is InChI=1S/C16H23N3O3S2/c1-5-22-15(20)24(21,17-4,11-12-9-7-6-8-10-12)14-18-13(23)16(2,3)19-14/h6-10H,5,11H2,1-4H3,(H,17,21)(H,18,19,23). The molecule has 0 saturated heterocycles. The lowest BCUT2D eigenvalue weighted by molar-refractivity contribution is 0.178. The van der Waals surface area contributed by atoms with Crippen LogP contribution < -0.4 is 10.0 Å². The van der Waals surface area contributed by atoms with E-state index in [2.05, 4.69) is 15.0 Å². The molecule has 8 heteroatoms. The largest absolute Gasteiger partial charge is 0.456 e. The zero-order chi connectivity index (χ0) is 18.0. The summed E-state index contributed by atoms with van der Waals surface area (Å²) in [5, 5.41) is 2.11. The molecule has 0 saturated carbocycles. The molecule has 0 atom stereocenters. The molecule has 0 aromatic heterocycles. The second-order valence-electron chi connectivity index (χ2n) is 6.05. The van der Waals surface area contributed by atoms with Crippen molar-refractivity contribution in [2.75, 3.05) is 13.7 Å². The Labute approximate surface area is 147 Å². The van der Waals surface area contributed by atoms with Gasteiger partial charge in [-0.25, -0.2) is 18.7 Å². The Morgan fingerprint density at radius 3 is 2.46 bits per heavy atom. The fourth-order valence-electron chi connectivity index (χ4n) is 2.38. The van der Waals surface area contributed by atoms with E-state index in [-0.39, 0.29) is 17.5 Å². The average molecular weight is 370 g/mol. The molecule has 24 heavy (non-hydrogen) atoms. The molecule has 1 aromatic carbocycles. The van der Waals surface area contributed by atoms with Gasteiger partial charge in [-0.3, -0.25) is 0 Å². The van der Waals surface area contributed by atoms with Crippen molar-refractivity contribution in [1.29, 1.82) is 0 Å². The molecule has 0 amide bonds. The average Bonchev–Trinajstić information content (AvgIpc) is 2.83. The molecule has 0 spiro atoms. The minimum Gasteiger partial charge on any atom is -0.456 e. The maximum absolute atomic E-state index is 14.2. The summed E-state index contributed by atoms with van der Waals surface area (Å²) >= 11 is 5.29. The molecular weight excluding hydrogens is 346 g/mol. The Hall–Kier alpha value is -1.64. The first kappa shape index (κ1) is 18.7. The quantitative estimate of drug-likeness (QED) is 0.629. The summed E-state index contributed by atoms with van der Waals surface area (Å²) in [4.78, 5) is 17.7. The topological polar surface area (TPSA) is 79.8 Å². The third-order valence-electron chi connectivity index (χ3n) is 3.90. The predicted octanol–water partition coefficient (Wildman–Crippen LogP) is 2.36. The van der Waals surface area contributed by atoms with Crippen molar-refractivity contribution in [3.63, 3.8) is 0 Å². The summed E-state index contributed by atoms with van der Waals surface area (Å²) in [6.45, 7) is 5.39. The number of carbonyl (C=O) groups is 1. The highest BCUT2D eigenvalue weighted by molar-refractivity contribution is 8.40. The van der Waals surface area contributed by atoms with Crippen LogP contribution in [0.3, 0.4) is 0 Å². The van der Waals surface area contributed by atoms with Crippen LogP contribution in [0.15, 0.2) is 35.3 Å². The number of nitrogens with zero attached hydrogens (tertiary/aromatic N) is 1. The third kappa shape index (κ3) is 3.01. The van der Waals surface area contributed by atoms with Crippen LogP contribution in [0.25, 0.3) is 0 Å². The van der Waals surface area contributed by atoms with Crippen LogP contribution in [0.1, 0.15) is 26.3 Å². The number of hydrogen-bond donors (Lipinski definition) is 2. The van der Waals surface area contributed by atoms with Gasteiger partial charge in [0.2, 0.25) is 0 Å².